The molecule has 2 heteroatoms. The predicted molar refractivity (Wildman–Crippen MR) is 60.5 cm³/mol. The van der Waals surface area contributed by atoms with E-state index in [9.17, 15) is 9.90 Å². The predicted octanol–water partition coefficient (Wildman–Crippen LogP) is 2.51. The van der Waals surface area contributed by atoms with E-state index in [1.54, 1.807) is 12.1 Å². The molecule has 2 unspecified atom stereocenters. The summed E-state index contributed by atoms with van der Waals surface area (Å²) in [6, 6.07) is 9.15. The van der Waals surface area contributed by atoms with Crippen molar-refractivity contribution in [2.24, 2.45) is 5.92 Å². The topological polar surface area (TPSA) is 37.3 Å². The monoisotopic (exact) mass is 206 g/mol. The first-order chi connectivity index (χ1) is 7.03. The maximum absolute atomic E-state index is 11.6. The lowest BCUT2D eigenvalue weighted by molar-refractivity contribution is -0.142. The summed E-state index contributed by atoms with van der Waals surface area (Å²) < 4.78 is 0. The molecule has 0 fully saturated rings. The van der Waals surface area contributed by atoms with Crippen LogP contribution in [0, 0.1) is 5.92 Å². The van der Waals surface area contributed by atoms with Crippen LogP contribution in [0.3, 0.4) is 0 Å². The molecule has 15 heavy (non-hydrogen) atoms. The highest BCUT2D eigenvalue weighted by Gasteiger charge is 2.39. The van der Waals surface area contributed by atoms with Gasteiger partial charge in [-0.3, -0.25) is 4.79 Å². The van der Waals surface area contributed by atoms with E-state index in [4.69, 9.17) is 0 Å². The molecule has 1 N–H and O–H groups in total. The van der Waals surface area contributed by atoms with Crippen molar-refractivity contribution in [3.8, 4) is 0 Å². The number of ketones is 1. The Bertz CT molecular complexity index is 332. The number of Topliss-reactive ketones (excluding diaryl/α,β-unsaturated/α-hetero) is 1. The molecule has 0 aromatic heterocycles. The zero-order valence-corrected chi connectivity index (χ0v) is 9.53. The molecule has 2 atom stereocenters. The fourth-order valence-electron chi connectivity index (χ4n) is 1.82. The lowest BCUT2D eigenvalue weighted by atomic mass is 9.78. The molecule has 1 aromatic rings. The number of aliphatic hydroxyl groups is 1. The summed E-state index contributed by atoms with van der Waals surface area (Å²) >= 11 is 0. The summed E-state index contributed by atoms with van der Waals surface area (Å²) in [6.07, 6.45) is 0.769. The SMILES string of the molecule is CCC(C)C(O)(C(C)=O)c1ccccc1. The van der Waals surface area contributed by atoms with Crippen LogP contribution in [-0.4, -0.2) is 10.9 Å². The van der Waals surface area contributed by atoms with Gasteiger partial charge in [0.2, 0.25) is 0 Å². The van der Waals surface area contributed by atoms with Crippen LogP contribution in [0.4, 0.5) is 0 Å². The largest absolute Gasteiger partial charge is 0.377 e. The highest BCUT2D eigenvalue weighted by atomic mass is 16.3. The second-order valence-corrected chi connectivity index (χ2v) is 4.00. The maximum atomic E-state index is 11.6. The van der Waals surface area contributed by atoms with Crippen LogP contribution in [0.2, 0.25) is 0 Å². The highest BCUT2D eigenvalue weighted by Crippen LogP contribution is 2.32. The fourth-order valence-corrected chi connectivity index (χ4v) is 1.82. The van der Waals surface area contributed by atoms with Gasteiger partial charge >= 0.3 is 0 Å². The molecule has 0 aliphatic heterocycles. The molecule has 1 rings (SSSR count). The second kappa shape index (κ2) is 4.58. The summed E-state index contributed by atoms with van der Waals surface area (Å²) in [5, 5.41) is 10.5. The van der Waals surface area contributed by atoms with Gasteiger partial charge < -0.3 is 5.11 Å². The number of hydrogen-bond acceptors (Lipinski definition) is 2. The molecule has 0 saturated heterocycles. The van der Waals surface area contributed by atoms with Gasteiger partial charge in [0.1, 0.15) is 5.60 Å². The summed E-state index contributed by atoms with van der Waals surface area (Å²) in [5.41, 5.74) is -0.650. The van der Waals surface area contributed by atoms with E-state index < -0.39 is 5.60 Å². The lowest BCUT2D eigenvalue weighted by Gasteiger charge is -2.31. The number of carbonyl (C=O) groups excluding carboxylic acids is 1. The van der Waals surface area contributed by atoms with Gasteiger partial charge in [0, 0.05) is 0 Å². The van der Waals surface area contributed by atoms with Crippen molar-refractivity contribution in [2.75, 3.05) is 0 Å². The molecule has 0 radical (unpaired) electrons. The Hall–Kier alpha value is -1.15. The summed E-state index contributed by atoms with van der Waals surface area (Å²) in [6.45, 7) is 5.31. The molecule has 82 valence electrons. The Balaban J connectivity index is 3.19. The van der Waals surface area contributed by atoms with Crippen molar-refractivity contribution in [3.05, 3.63) is 35.9 Å². The minimum absolute atomic E-state index is 0.0719. The first kappa shape index (κ1) is 11.9. The average Bonchev–Trinajstić information content (AvgIpc) is 2.27. The van der Waals surface area contributed by atoms with Gasteiger partial charge in [-0.2, -0.15) is 0 Å². The molecule has 0 saturated carbocycles. The number of carbonyl (C=O) groups is 1. The normalized spacial score (nSPS) is 16.8. The fraction of sp³-hybridized carbons (Fsp3) is 0.462. The third-order valence-corrected chi connectivity index (χ3v) is 3.08. The Morgan fingerprint density at radius 3 is 2.33 bits per heavy atom. The van der Waals surface area contributed by atoms with Gasteiger partial charge in [-0.15, -0.1) is 0 Å². The Kier molecular flexibility index (Phi) is 3.64. The van der Waals surface area contributed by atoms with Crippen molar-refractivity contribution in [1.82, 2.24) is 0 Å². The van der Waals surface area contributed by atoms with Crippen LogP contribution in [-0.2, 0) is 10.4 Å². The van der Waals surface area contributed by atoms with Crippen molar-refractivity contribution in [1.29, 1.82) is 0 Å². The summed E-state index contributed by atoms with van der Waals surface area (Å²) in [7, 11) is 0. The molecule has 0 spiro atoms. The van der Waals surface area contributed by atoms with Crippen molar-refractivity contribution >= 4 is 5.78 Å². The average molecular weight is 206 g/mol. The molecule has 1 aromatic carbocycles. The molecule has 0 aliphatic rings. The second-order valence-electron chi connectivity index (χ2n) is 4.00. The summed E-state index contributed by atoms with van der Waals surface area (Å²) in [5.74, 6) is -0.263. The van der Waals surface area contributed by atoms with Crippen LogP contribution in [0.5, 0.6) is 0 Å². The quantitative estimate of drug-likeness (QED) is 0.821. The molecule has 0 amide bonds. The van der Waals surface area contributed by atoms with Gasteiger partial charge in [-0.1, -0.05) is 50.6 Å². The van der Waals surface area contributed by atoms with E-state index in [2.05, 4.69) is 0 Å². The van der Waals surface area contributed by atoms with Gasteiger partial charge in [0.05, 0.1) is 0 Å². The third kappa shape index (κ3) is 2.10. The van der Waals surface area contributed by atoms with Gasteiger partial charge in [-0.05, 0) is 18.4 Å². The van der Waals surface area contributed by atoms with E-state index in [1.807, 2.05) is 32.0 Å². The minimum Gasteiger partial charge on any atom is -0.377 e. The zero-order valence-electron chi connectivity index (χ0n) is 9.53. The molecule has 0 heterocycles. The smallest absolute Gasteiger partial charge is 0.166 e. The van der Waals surface area contributed by atoms with Crippen LogP contribution in [0.15, 0.2) is 30.3 Å². The Morgan fingerprint density at radius 2 is 1.93 bits per heavy atom. The van der Waals surface area contributed by atoms with Gasteiger partial charge in [-0.25, -0.2) is 0 Å². The van der Waals surface area contributed by atoms with E-state index >= 15 is 0 Å². The number of rotatable bonds is 4. The zero-order chi connectivity index (χ0) is 11.5. The van der Waals surface area contributed by atoms with Crippen molar-refractivity contribution < 1.29 is 9.90 Å². The van der Waals surface area contributed by atoms with Crippen LogP contribution in [0.25, 0.3) is 0 Å². The Morgan fingerprint density at radius 1 is 1.40 bits per heavy atom. The lowest BCUT2D eigenvalue weighted by Crippen LogP contribution is -2.40. The first-order valence-corrected chi connectivity index (χ1v) is 5.32. The molecular weight excluding hydrogens is 188 g/mol. The number of benzene rings is 1. The van der Waals surface area contributed by atoms with Crippen LogP contribution >= 0.6 is 0 Å². The van der Waals surface area contributed by atoms with Crippen molar-refractivity contribution in [2.45, 2.75) is 32.8 Å². The Labute approximate surface area is 90.9 Å². The number of hydrogen-bond donors (Lipinski definition) is 1. The van der Waals surface area contributed by atoms with Gasteiger partial charge in [0.25, 0.3) is 0 Å². The third-order valence-electron chi connectivity index (χ3n) is 3.08. The molecule has 2 nitrogen and oxygen atoms in total. The first-order valence-electron chi connectivity index (χ1n) is 5.32. The van der Waals surface area contributed by atoms with Crippen LogP contribution in [0.1, 0.15) is 32.8 Å². The van der Waals surface area contributed by atoms with E-state index in [1.165, 1.54) is 6.92 Å². The van der Waals surface area contributed by atoms with E-state index in [-0.39, 0.29) is 11.7 Å². The molecular formula is C13H18O2. The maximum Gasteiger partial charge on any atom is 0.166 e. The molecule has 0 aliphatic carbocycles. The minimum atomic E-state index is -1.34. The molecule has 0 bridgehead atoms. The van der Waals surface area contributed by atoms with E-state index in [0.29, 0.717) is 5.56 Å². The van der Waals surface area contributed by atoms with Crippen LogP contribution < -0.4 is 0 Å². The standard InChI is InChI=1S/C13H18O2/c1-4-10(2)13(15,11(3)14)12-8-6-5-7-9-12/h5-10,15H,4H2,1-3H3. The van der Waals surface area contributed by atoms with E-state index in [0.717, 1.165) is 6.42 Å². The van der Waals surface area contributed by atoms with Crippen molar-refractivity contribution in [3.63, 3.8) is 0 Å². The summed E-state index contributed by atoms with van der Waals surface area (Å²) in [4.78, 5) is 11.6. The highest BCUT2D eigenvalue weighted by molar-refractivity contribution is 5.86. The van der Waals surface area contributed by atoms with Gasteiger partial charge in [0.15, 0.2) is 5.78 Å².